The maximum absolute atomic E-state index is 12.9. The summed E-state index contributed by atoms with van der Waals surface area (Å²) in [4.78, 5) is 57.9. The molecule has 2 amide bonds. The van der Waals surface area contributed by atoms with Crippen LogP contribution in [0.15, 0.2) is 29.1 Å². The summed E-state index contributed by atoms with van der Waals surface area (Å²) in [5, 5.41) is 16.3. The molecule has 4 rings (SSSR count). The van der Waals surface area contributed by atoms with Gasteiger partial charge in [0.15, 0.2) is 0 Å². The third-order valence-electron chi connectivity index (χ3n) is 5.69. The number of piperidine rings is 1. The zero-order chi connectivity index (χ0) is 22.1. The van der Waals surface area contributed by atoms with E-state index in [0.717, 1.165) is 25.8 Å². The van der Waals surface area contributed by atoms with Gasteiger partial charge in [-0.2, -0.15) is 4.98 Å². The van der Waals surface area contributed by atoms with Crippen molar-refractivity contribution in [1.29, 1.82) is 0 Å². The van der Waals surface area contributed by atoms with Crippen molar-refractivity contribution in [3.8, 4) is 0 Å². The van der Waals surface area contributed by atoms with Gasteiger partial charge in [0.1, 0.15) is 11.5 Å². The van der Waals surface area contributed by atoms with E-state index in [-0.39, 0.29) is 35.2 Å². The van der Waals surface area contributed by atoms with Crippen LogP contribution in [0.1, 0.15) is 44.1 Å². The highest BCUT2D eigenvalue weighted by atomic mass is 16.6. The lowest BCUT2D eigenvalue weighted by Gasteiger charge is -2.34. The van der Waals surface area contributed by atoms with Crippen LogP contribution in [0.5, 0.6) is 0 Å². The monoisotopic (exact) mass is 426 g/mol. The summed E-state index contributed by atoms with van der Waals surface area (Å²) >= 11 is 0. The van der Waals surface area contributed by atoms with Crippen LogP contribution in [0.3, 0.4) is 0 Å². The molecule has 3 heterocycles. The molecule has 3 N–H and O–H groups in total. The highest BCUT2D eigenvalue weighted by Gasteiger charge is 2.36. The van der Waals surface area contributed by atoms with Crippen molar-refractivity contribution in [3.05, 3.63) is 50.3 Å². The van der Waals surface area contributed by atoms with Crippen LogP contribution < -0.4 is 21.1 Å². The number of fused-ring (bicyclic) bond motifs is 1. The van der Waals surface area contributed by atoms with E-state index >= 15 is 0 Å². The number of para-hydroxylation sites is 2. The molecule has 0 saturated carbocycles. The van der Waals surface area contributed by atoms with E-state index in [1.165, 1.54) is 18.2 Å². The molecule has 2 aliphatic heterocycles. The summed E-state index contributed by atoms with van der Waals surface area (Å²) < 4.78 is 0. The molecule has 0 spiro atoms. The van der Waals surface area contributed by atoms with E-state index in [0.29, 0.717) is 5.95 Å². The van der Waals surface area contributed by atoms with Gasteiger partial charge in [-0.25, -0.2) is 0 Å². The first-order valence-electron chi connectivity index (χ1n) is 10.1. The zero-order valence-corrected chi connectivity index (χ0v) is 16.9. The van der Waals surface area contributed by atoms with Crippen LogP contribution in [-0.2, 0) is 9.59 Å². The Morgan fingerprint density at radius 1 is 1.29 bits per heavy atom. The fourth-order valence-corrected chi connectivity index (χ4v) is 4.09. The molecule has 2 atom stereocenters. The highest BCUT2D eigenvalue weighted by Crippen LogP contribution is 2.32. The number of carbonyl (C=O) groups is 2. The molecule has 2 aromatic rings. The Morgan fingerprint density at radius 3 is 2.81 bits per heavy atom. The predicted octanol–water partition coefficient (Wildman–Crippen LogP) is 2.12. The van der Waals surface area contributed by atoms with Crippen molar-refractivity contribution in [1.82, 2.24) is 9.97 Å². The quantitative estimate of drug-likeness (QED) is 0.500. The summed E-state index contributed by atoms with van der Waals surface area (Å²) in [5.41, 5.74) is -0.754. The molecular weight excluding hydrogens is 404 g/mol. The van der Waals surface area contributed by atoms with Crippen LogP contribution in [0.25, 0.3) is 0 Å². The second kappa shape index (κ2) is 8.17. The van der Waals surface area contributed by atoms with Crippen molar-refractivity contribution in [2.45, 2.75) is 44.6 Å². The first-order valence-corrected chi connectivity index (χ1v) is 10.1. The molecule has 11 nitrogen and oxygen atoms in total. The first kappa shape index (κ1) is 20.5. The van der Waals surface area contributed by atoms with E-state index in [2.05, 4.69) is 20.6 Å². The van der Waals surface area contributed by atoms with Crippen molar-refractivity contribution >= 4 is 35.0 Å². The van der Waals surface area contributed by atoms with Gasteiger partial charge >= 0.3 is 0 Å². The molecule has 1 saturated heterocycles. The van der Waals surface area contributed by atoms with Gasteiger partial charge in [0.2, 0.25) is 17.8 Å². The average molecular weight is 426 g/mol. The Hall–Kier alpha value is -3.76. The lowest BCUT2D eigenvalue weighted by molar-refractivity contribution is -0.383. The first-order chi connectivity index (χ1) is 14.8. The number of hydrogen-bond acceptors (Lipinski definition) is 7. The van der Waals surface area contributed by atoms with E-state index in [1.54, 1.807) is 6.07 Å². The largest absolute Gasteiger partial charge is 0.340 e. The van der Waals surface area contributed by atoms with Gasteiger partial charge in [-0.05, 0) is 32.3 Å². The summed E-state index contributed by atoms with van der Waals surface area (Å²) in [5.74, 6) is -1.85. The van der Waals surface area contributed by atoms with Crippen molar-refractivity contribution in [3.63, 3.8) is 0 Å². The third kappa shape index (κ3) is 3.98. The van der Waals surface area contributed by atoms with Gasteiger partial charge in [0, 0.05) is 25.1 Å². The number of benzene rings is 1. The van der Waals surface area contributed by atoms with Crippen LogP contribution >= 0.6 is 0 Å². The summed E-state index contributed by atoms with van der Waals surface area (Å²) in [6.45, 7) is 2.78. The molecule has 31 heavy (non-hydrogen) atoms. The zero-order valence-electron chi connectivity index (χ0n) is 16.9. The van der Waals surface area contributed by atoms with Gasteiger partial charge in [0.05, 0.1) is 16.4 Å². The fourth-order valence-electron chi connectivity index (χ4n) is 4.09. The number of nitrogens with one attached hydrogen (secondary N) is 3. The summed E-state index contributed by atoms with van der Waals surface area (Å²) in [6, 6.07) is 5.87. The maximum Gasteiger partial charge on any atom is 0.292 e. The van der Waals surface area contributed by atoms with Gasteiger partial charge in [-0.15, -0.1) is 0 Å². The van der Waals surface area contributed by atoms with Crippen LogP contribution in [0, 0.1) is 10.1 Å². The van der Waals surface area contributed by atoms with Gasteiger partial charge in [0.25, 0.3) is 11.2 Å². The number of H-pyrrole nitrogens is 1. The Bertz CT molecular complexity index is 1110. The Balaban J connectivity index is 1.68. The minimum atomic E-state index is -1.12. The molecule has 1 aromatic heterocycles. The lowest BCUT2D eigenvalue weighted by Crippen LogP contribution is -2.42. The molecule has 0 radical (unpaired) electrons. The minimum absolute atomic E-state index is 0.00631. The second-order valence-electron chi connectivity index (χ2n) is 7.76. The molecule has 11 heteroatoms. The summed E-state index contributed by atoms with van der Waals surface area (Å²) in [6.07, 6.45) is 2.77. The lowest BCUT2D eigenvalue weighted by atomic mass is 9.92. The Kier molecular flexibility index (Phi) is 5.40. The number of nitro benzene ring substituents is 1. The van der Waals surface area contributed by atoms with Crippen molar-refractivity contribution < 1.29 is 14.5 Å². The molecule has 2 aliphatic rings. The fraction of sp³-hybridized carbons (Fsp3) is 0.400. The highest BCUT2D eigenvalue weighted by molar-refractivity contribution is 6.05. The number of nitro groups is 1. The van der Waals surface area contributed by atoms with Crippen LogP contribution in [0.2, 0.25) is 0 Å². The normalized spacial score (nSPS) is 20.5. The predicted molar refractivity (Wildman–Crippen MR) is 113 cm³/mol. The van der Waals surface area contributed by atoms with Gasteiger partial charge in [-0.1, -0.05) is 12.1 Å². The van der Waals surface area contributed by atoms with Crippen molar-refractivity contribution in [2.24, 2.45) is 0 Å². The summed E-state index contributed by atoms with van der Waals surface area (Å²) in [7, 11) is 0. The molecular formula is C20H22N6O5. The Labute approximate surface area is 177 Å². The van der Waals surface area contributed by atoms with E-state index in [1.807, 2.05) is 11.8 Å². The molecule has 0 bridgehead atoms. The number of anilines is 3. The number of carbonyl (C=O) groups excluding carboxylic acids is 2. The third-order valence-corrected chi connectivity index (χ3v) is 5.69. The minimum Gasteiger partial charge on any atom is -0.340 e. The average Bonchev–Trinajstić information content (AvgIpc) is 2.73. The number of amides is 2. The molecule has 162 valence electrons. The second-order valence-corrected chi connectivity index (χ2v) is 7.76. The standard InChI is InChI=1S/C20H22N6O5/c1-11-6-4-5-9-25(11)20-23-17-16(19(29)24-20)12(10-15(27)22-17)18(28)21-13-7-2-3-8-14(13)26(30)31/h2-3,7-8,11-12H,4-6,9-10H2,1H3,(H,21,28)(H2,22,23,24,27,29)/t11-,12+/m0/s1. The number of hydrogen-bond donors (Lipinski definition) is 3. The number of nitrogens with zero attached hydrogens (tertiary/aromatic N) is 3. The maximum atomic E-state index is 12.9. The van der Waals surface area contributed by atoms with E-state index in [9.17, 15) is 24.5 Å². The molecule has 0 unspecified atom stereocenters. The van der Waals surface area contributed by atoms with Gasteiger partial charge < -0.3 is 15.5 Å². The topological polar surface area (TPSA) is 150 Å². The van der Waals surface area contributed by atoms with Gasteiger partial charge in [-0.3, -0.25) is 29.5 Å². The number of aromatic nitrogens is 2. The molecule has 1 fully saturated rings. The number of aromatic amines is 1. The molecule has 0 aliphatic carbocycles. The van der Waals surface area contributed by atoms with Crippen LogP contribution in [-0.4, -0.2) is 39.3 Å². The number of rotatable bonds is 4. The van der Waals surface area contributed by atoms with E-state index in [4.69, 9.17) is 0 Å². The smallest absolute Gasteiger partial charge is 0.292 e. The SMILES string of the molecule is C[C@H]1CCCCN1c1nc2c(c(=O)[nH]1)[C@H](C(=O)Nc1ccccc1[N+](=O)[O-])CC(=O)N2. The Morgan fingerprint density at radius 2 is 2.06 bits per heavy atom. The van der Waals surface area contributed by atoms with Crippen LogP contribution in [0.4, 0.5) is 23.1 Å². The van der Waals surface area contributed by atoms with Crippen molar-refractivity contribution in [2.75, 3.05) is 22.1 Å². The molecule has 1 aromatic carbocycles. The van der Waals surface area contributed by atoms with E-state index < -0.39 is 28.2 Å².